The smallest absolute Gasteiger partial charge is 0.308 e. The molecule has 1 aromatic rings. The predicted molar refractivity (Wildman–Crippen MR) is 99.3 cm³/mol. The Balaban J connectivity index is 2.18. The van der Waals surface area contributed by atoms with Crippen molar-refractivity contribution in [3.8, 4) is 0 Å². The molecule has 1 atom stereocenters. The molecular weight excluding hydrogens is 356 g/mol. The summed E-state index contributed by atoms with van der Waals surface area (Å²) in [6.07, 6.45) is 2.14. The number of hydrogen-bond acceptors (Lipinski definition) is 5. The summed E-state index contributed by atoms with van der Waals surface area (Å²) < 4.78 is 30.6. The highest BCUT2D eigenvalue weighted by Gasteiger charge is 2.35. The van der Waals surface area contributed by atoms with Crippen LogP contribution in [0.4, 0.5) is 5.69 Å². The van der Waals surface area contributed by atoms with E-state index >= 15 is 0 Å². The molecule has 0 aromatic heterocycles. The number of hydrogen-bond donors (Lipinski definition) is 0. The lowest BCUT2D eigenvalue weighted by molar-refractivity contribution is -0.149. The van der Waals surface area contributed by atoms with Crippen LogP contribution in [0.15, 0.2) is 24.3 Å². The summed E-state index contributed by atoms with van der Waals surface area (Å²) in [7, 11) is -2.28. The molecule has 8 heteroatoms. The summed E-state index contributed by atoms with van der Waals surface area (Å²) in [6, 6.07) is 6.20. The van der Waals surface area contributed by atoms with Crippen LogP contribution in [0, 0.1) is 12.8 Å². The van der Waals surface area contributed by atoms with Crippen LogP contribution >= 0.6 is 0 Å². The first kappa shape index (κ1) is 20.2. The topological polar surface area (TPSA) is 84.0 Å². The summed E-state index contributed by atoms with van der Waals surface area (Å²) in [4.78, 5) is 26.1. The highest BCUT2D eigenvalue weighted by Crippen LogP contribution is 2.25. The van der Waals surface area contributed by atoms with Gasteiger partial charge in [0.05, 0.1) is 25.0 Å². The van der Waals surface area contributed by atoms with Crippen LogP contribution in [-0.4, -0.2) is 57.7 Å². The number of methoxy groups -OCH3 is 1. The molecule has 0 bridgehead atoms. The number of likely N-dealkylation sites (tertiary alicyclic amines) is 1. The number of amides is 1. The normalized spacial score (nSPS) is 16.8. The SMILES string of the molecule is COC(=O)C1CCN(C(=O)C(C)N(c2cccc(C)c2)S(C)(=O)=O)CC1. The van der Waals surface area contributed by atoms with Gasteiger partial charge in [0, 0.05) is 13.1 Å². The molecule has 144 valence electrons. The third kappa shape index (κ3) is 4.55. The second-order valence-electron chi connectivity index (χ2n) is 6.70. The minimum atomic E-state index is -3.63. The zero-order valence-corrected chi connectivity index (χ0v) is 16.5. The van der Waals surface area contributed by atoms with Gasteiger partial charge in [-0.2, -0.15) is 0 Å². The molecular formula is C18H26N2O5S. The predicted octanol–water partition coefficient (Wildman–Crippen LogP) is 1.56. The minimum absolute atomic E-state index is 0.206. The minimum Gasteiger partial charge on any atom is -0.469 e. The van der Waals surface area contributed by atoms with E-state index in [1.165, 1.54) is 7.11 Å². The van der Waals surface area contributed by atoms with Crippen molar-refractivity contribution in [1.29, 1.82) is 0 Å². The summed E-state index contributed by atoms with van der Waals surface area (Å²) >= 11 is 0. The van der Waals surface area contributed by atoms with Crippen molar-refractivity contribution in [3.63, 3.8) is 0 Å². The summed E-state index contributed by atoms with van der Waals surface area (Å²) in [5.74, 6) is -0.731. The number of esters is 1. The van der Waals surface area contributed by atoms with Gasteiger partial charge in [-0.1, -0.05) is 12.1 Å². The molecule has 1 fully saturated rings. The Kier molecular flexibility index (Phi) is 6.28. The first-order chi connectivity index (χ1) is 12.1. The highest BCUT2D eigenvalue weighted by atomic mass is 32.2. The van der Waals surface area contributed by atoms with E-state index in [0.29, 0.717) is 31.6 Å². The number of ether oxygens (including phenoxy) is 1. The fourth-order valence-electron chi connectivity index (χ4n) is 3.33. The van der Waals surface area contributed by atoms with E-state index in [1.807, 2.05) is 13.0 Å². The second kappa shape index (κ2) is 8.07. The van der Waals surface area contributed by atoms with Crippen molar-refractivity contribution >= 4 is 27.6 Å². The lowest BCUT2D eigenvalue weighted by atomic mass is 9.96. The van der Waals surface area contributed by atoms with Crippen LogP contribution < -0.4 is 4.31 Å². The number of carbonyl (C=O) groups excluding carboxylic acids is 2. The van der Waals surface area contributed by atoms with Crippen molar-refractivity contribution < 1.29 is 22.7 Å². The van der Waals surface area contributed by atoms with E-state index in [9.17, 15) is 18.0 Å². The van der Waals surface area contributed by atoms with Gasteiger partial charge in [0.15, 0.2) is 0 Å². The van der Waals surface area contributed by atoms with E-state index in [1.54, 1.807) is 30.0 Å². The Bertz CT molecular complexity index is 770. The molecule has 1 saturated heterocycles. The first-order valence-electron chi connectivity index (χ1n) is 8.58. The molecule has 0 radical (unpaired) electrons. The van der Waals surface area contributed by atoms with Gasteiger partial charge >= 0.3 is 5.97 Å². The van der Waals surface area contributed by atoms with Crippen LogP contribution in [-0.2, 0) is 24.3 Å². The molecule has 0 saturated carbocycles. The fourth-order valence-corrected chi connectivity index (χ4v) is 4.50. The molecule has 0 N–H and O–H groups in total. The van der Waals surface area contributed by atoms with Crippen molar-refractivity contribution in [2.45, 2.75) is 32.7 Å². The van der Waals surface area contributed by atoms with Crippen molar-refractivity contribution in [2.75, 3.05) is 30.8 Å². The molecule has 1 aliphatic rings. The van der Waals surface area contributed by atoms with Crippen molar-refractivity contribution in [1.82, 2.24) is 4.90 Å². The van der Waals surface area contributed by atoms with Crippen LogP contribution in [0.1, 0.15) is 25.3 Å². The van der Waals surface area contributed by atoms with E-state index in [4.69, 9.17) is 4.74 Å². The summed E-state index contributed by atoms with van der Waals surface area (Å²) in [5, 5.41) is 0. The van der Waals surface area contributed by atoms with Crippen LogP contribution in [0.2, 0.25) is 0 Å². The standard InChI is InChI=1S/C18H26N2O5S/c1-13-6-5-7-16(12-13)20(26(4,23)24)14(2)17(21)19-10-8-15(9-11-19)18(22)25-3/h5-7,12,14-15H,8-11H2,1-4H3. The molecule has 26 heavy (non-hydrogen) atoms. The van der Waals surface area contributed by atoms with E-state index in [2.05, 4.69) is 0 Å². The van der Waals surface area contributed by atoms with Crippen LogP contribution in [0.5, 0.6) is 0 Å². The number of piperidine rings is 1. The lowest BCUT2D eigenvalue weighted by Gasteiger charge is -2.36. The quantitative estimate of drug-likeness (QED) is 0.722. The Hall–Kier alpha value is -2.09. The van der Waals surface area contributed by atoms with Gasteiger partial charge in [0.2, 0.25) is 15.9 Å². The zero-order valence-electron chi connectivity index (χ0n) is 15.6. The fraction of sp³-hybridized carbons (Fsp3) is 0.556. The van der Waals surface area contributed by atoms with Gasteiger partial charge in [0.25, 0.3) is 0 Å². The monoisotopic (exact) mass is 382 g/mol. The van der Waals surface area contributed by atoms with Crippen molar-refractivity contribution in [2.24, 2.45) is 5.92 Å². The van der Waals surface area contributed by atoms with Crippen LogP contribution in [0.3, 0.4) is 0 Å². The second-order valence-corrected chi connectivity index (χ2v) is 8.56. The zero-order chi connectivity index (χ0) is 19.5. The maximum Gasteiger partial charge on any atom is 0.308 e. The maximum absolute atomic E-state index is 12.9. The first-order valence-corrected chi connectivity index (χ1v) is 10.4. The van der Waals surface area contributed by atoms with Gasteiger partial charge in [-0.3, -0.25) is 13.9 Å². The molecule has 1 aliphatic heterocycles. The van der Waals surface area contributed by atoms with Gasteiger partial charge in [-0.05, 0) is 44.4 Å². The number of benzene rings is 1. The number of sulfonamides is 1. The largest absolute Gasteiger partial charge is 0.469 e. The van der Waals surface area contributed by atoms with Crippen molar-refractivity contribution in [3.05, 3.63) is 29.8 Å². The number of carbonyl (C=O) groups is 2. The Labute approximate surface area is 155 Å². The average Bonchev–Trinajstić information content (AvgIpc) is 2.59. The molecule has 0 aliphatic carbocycles. The number of aryl methyl sites for hydroxylation is 1. The summed E-state index contributed by atoms with van der Waals surface area (Å²) in [6.45, 7) is 4.29. The molecule has 2 rings (SSSR count). The third-order valence-corrected chi connectivity index (χ3v) is 5.91. The maximum atomic E-state index is 12.9. The Morgan fingerprint density at radius 1 is 1.27 bits per heavy atom. The van der Waals surface area contributed by atoms with E-state index < -0.39 is 16.1 Å². The number of anilines is 1. The average molecular weight is 382 g/mol. The van der Waals surface area contributed by atoms with Gasteiger partial charge in [-0.25, -0.2) is 8.42 Å². The van der Waals surface area contributed by atoms with E-state index in [0.717, 1.165) is 16.1 Å². The highest BCUT2D eigenvalue weighted by molar-refractivity contribution is 7.92. The third-order valence-electron chi connectivity index (χ3n) is 4.66. The molecule has 7 nitrogen and oxygen atoms in total. The lowest BCUT2D eigenvalue weighted by Crippen LogP contribution is -2.51. The molecule has 1 amide bonds. The van der Waals surface area contributed by atoms with Gasteiger partial charge in [0.1, 0.15) is 6.04 Å². The number of rotatable bonds is 5. The molecule has 1 unspecified atom stereocenters. The van der Waals surface area contributed by atoms with E-state index in [-0.39, 0.29) is 17.8 Å². The molecule has 0 spiro atoms. The molecule has 1 heterocycles. The molecule has 1 aromatic carbocycles. The Morgan fingerprint density at radius 2 is 1.88 bits per heavy atom. The van der Waals surface area contributed by atoms with Crippen LogP contribution in [0.25, 0.3) is 0 Å². The Morgan fingerprint density at radius 3 is 2.38 bits per heavy atom. The van der Waals surface area contributed by atoms with Gasteiger partial charge in [-0.15, -0.1) is 0 Å². The van der Waals surface area contributed by atoms with Gasteiger partial charge < -0.3 is 9.64 Å². The number of nitrogens with zero attached hydrogens (tertiary/aromatic N) is 2. The summed E-state index contributed by atoms with van der Waals surface area (Å²) in [5.41, 5.74) is 1.38.